The van der Waals surface area contributed by atoms with Crippen LogP contribution in [0.3, 0.4) is 0 Å². The summed E-state index contributed by atoms with van der Waals surface area (Å²) in [6.45, 7) is 4.72. The number of fused-ring (bicyclic) bond motifs is 9. The smallest absolute Gasteiger partial charge is 0.228 e. The van der Waals surface area contributed by atoms with E-state index in [1.165, 1.54) is 65.7 Å². The number of benzene rings is 8. The van der Waals surface area contributed by atoms with Crippen molar-refractivity contribution in [1.82, 2.24) is 4.98 Å². The van der Waals surface area contributed by atoms with Crippen LogP contribution in [-0.2, 0) is 5.41 Å². The number of oxazole rings is 1. The minimum absolute atomic E-state index is 0.133. The number of aromatic nitrogens is 1. The molecule has 1 heterocycles. The van der Waals surface area contributed by atoms with E-state index in [1.54, 1.807) is 0 Å². The van der Waals surface area contributed by atoms with Gasteiger partial charge in [-0.15, -0.1) is 0 Å². The summed E-state index contributed by atoms with van der Waals surface area (Å²) in [6, 6.07) is 50.6. The van der Waals surface area contributed by atoms with Gasteiger partial charge >= 0.3 is 0 Å². The molecule has 0 aliphatic heterocycles. The van der Waals surface area contributed by atoms with Crippen LogP contribution in [0.2, 0.25) is 0 Å². The molecule has 0 spiro atoms. The topological polar surface area (TPSA) is 26.0 Å². The van der Waals surface area contributed by atoms with E-state index in [2.05, 4.69) is 129 Å². The van der Waals surface area contributed by atoms with Gasteiger partial charge < -0.3 is 4.42 Å². The van der Waals surface area contributed by atoms with Gasteiger partial charge in [-0.3, -0.25) is 0 Å². The molecule has 0 unspecified atom stereocenters. The number of nitrogens with zero attached hydrogens (tertiary/aromatic N) is 1. The van der Waals surface area contributed by atoms with Crippen molar-refractivity contribution in [3.63, 3.8) is 0 Å². The third-order valence-corrected chi connectivity index (χ3v) is 10.3. The lowest BCUT2D eigenvalue weighted by molar-refractivity contribution is 0.621. The van der Waals surface area contributed by atoms with Crippen LogP contribution in [0.15, 0.2) is 144 Å². The van der Waals surface area contributed by atoms with Crippen LogP contribution >= 0.6 is 0 Å². The van der Waals surface area contributed by atoms with Crippen LogP contribution in [0.4, 0.5) is 0 Å². The number of para-hydroxylation sites is 2. The summed E-state index contributed by atoms with van der Waals surface area (Å²) < 4.78 is 6.56. The summed E-state index contributed by atoms with van der Waals surface area (Å²) in [6.07, 6.45) is 0. The Labute approximate surface area is 266 Å². The van der Waals surface area contributed by atoms with Crippen LogP contribution in [0.5, 0.6) is 0 Å². The van der Waals surface area contributed by atoms with Crippen LogP contribution in [0.1, 0.15) is 25.0 Å². The fourth-order valence-electron chi connectivity index (χ4n) is 8.13. The molecule has 1 aromatic heterocycles. The molecule has 0 fully saturated rings. The zero-order valence-electron chi connectivity index (χ0n) is 25.6. The van der Waals surface area contributed by atoms with E-state index in [9.17, 15) is 0 Å². The maximum atomic E-state index is 6.56. The molecule has 0 atom stereocenters. The highest BCUT2D eigenvalue weighted by molar-refractivity contribution is 6.26. The molecule has 2 heteroatoms. The molecule has 2 nitrogen and oxygen atoms in total. The van der Waals surface area contributed by atoms with Crippen molar-refractivity contribution in [2.75, 3.05) is 0 Å². The van der Waals surface area contributed by atoms with E-state index >= 15 is 0 Å². The number of hydrogen-bond donors (Lipinski definition) is 0. The second-order valence-electron chi connectivity index (χ2n) is 13.1. The minimum Gasteiger partial charge on any atom is -0.436 e. The van der Waals surface area contributed by atoms with Crippen molar-refractivity contribution in [2.24, 2.45) is 0 Å². The Kier molecular flexibility index (Phi) is 5.09. The van der Waals surface area contributed by atoms with Crippen molar-refractivity contribution in [3.05, 3.63) is 151 Å². The molecule has 1 aliphatic carbocycles. The average Bonchev–Trinajstić information content (AvgIpc) is 3.62. The Balaban J connectivity index is 1.44. The van der Waals surface area contributed by atoms with Crippen molar-refractivity contribution < 1.29 is 4.42 Å². The molecule has 216 valence electrons. The standard InChI is InChI=1S/C44H29NO/c1-44(2)37-20-10-9-17-30(37)33-24-35-36(25-38(33)44)41(34-23-26-13-3-4-14-27(26)28-15-5-6-16-29(28)34)31-18-7-8-19-32(31)42(35)43-45-39-21-11-12-22-40(39)46-43/h3-25H,1-2H3. The zero-order chi connectivity index (χ0) is 30.6. The lowest BCUT2D eigenvalue weighted by Crippen LogP contribution is -2.14. The van der Waals surface area contributed by atoms with E-state index in [4.69, 9.17) is 9.40 Å². The second-order valence-corrected chi connectivity index (χ2v) is 13.1. The van der Waals surface area contributed by atoms with Gasteiger partial charge in [0.1, 0.15) is 5.52 Å². The maximum Gasteiger partial charge on any atom is 0.228 e. The Bertz CT molecular complexity index is 2690. The highest BCUT2D eigenvalue weighted by Gasteiger charge is 2.36. The molecule has 0 N–H and O–H groups in total. The molecule has 10 rings (SSSR count). The first-order valence-electron chi connectivity index (χ1n) is 16.0. The lowest BCUT2D eigenvalue weighted by atomic mass is 9.79. The summed E-state index contributed by atoms with van der Waals surface area (Å²) >= 11 is 0. The molecule has 9 aromatic rings. The number of rotatable bonds is 2. The van der Waals surface area contributed by atoms with Crippen molar-refractivity contribution >= 4 is 54.2 Å². The number of hydrogen-bond acceptors (Lipinski definition) is 2. The quantitative estimate of drug-likeness (QED) is 0.149. The van der Waals surface area contributed by atoms with E-state index in [0.29, 0.717) is 5.89 Å². The molecule has 0 radical (unpaired) electrons. The molecule has 0 bridgehead atoms. The fraction of sp³-hybridized carbons (Fsp3) is 0.0682. The summed E-state index contributed by atoms with van der Waals surface area (Å²) in [5.74, 6) is 0.655. The Hall–Kier alpha value is -5.73. The summed E-state index contributed by atoms with van der Waals surface area (Å²) in [4.78, 5) is 5.08. The molecule has 0 saturated carbocycles. The van der Waals surface area contributed by atoms with E-state index in [-0.39, 0.29) is 5.41 Å². The fourth-order valence-corrected chi connectivity index (χ4v) is 8.13. The van der Waals surface area contributed by atoms with E-state index < -0.39 is 0 Å². The maximum absolute atomic E-state index is 6.56. The van der Waals surface area contributed by atoms with Gasteiger partial charge in [0.25, 0.3) is 0 Å². The monoisotopic (exact) mass is 587 g/mol. The van der Waals surface area contributed by atoms with Gasteiger partial charge in [0.15, 0.2) is 5.58 Å². The third kappa shape index (κ3) is 3.39. The Morgan fingerprint density at radius 1 is 0.457 bits per heavy atom. The van der Waals surface area contributed by atoms with Gasteiger partial charge in [-0.05, 0) is 107 Å². The predicted molar refractivity (Wildman–Crippen MR) is 192 cm³/mol. The normalized spacial score (nSPS) is 13.6. The first-order valence-corrected chi connectivity index (χ1v) is 16.0. The van der Waals surface area contributed by atoms with Crippen LogP contribution in [-0.4, -0.2) is 4.98 Å². The van der Waals surface area contributed by atoms with Crippen molar-refractivity contribution in [3.8, 4) is 33.7 Å². The lowest BCUT2D eigenvalue weighted by Gasteiger charge is -2.23. The summed E-state index contributed by atoms with van der Waals surface area (Å²) in [5, 5.41) is 9.75. The van der Waals surface area contributed by atoms with Gasteiger partial charge in [0.05, 0.1) is 5.56 Å². The van der Waals surface area contributed by atoms with Gasteiger partial charge in [0.2, 0.25) is 5.89 Å². The summed E-state index contributed by atoms with van der Waals surface area (Å²) in [5.41, 5.74) is 10.4. The minimum atomic E-state index is -0.133. The molecular formula is C44H29NO. The van der Waals surface area contributed by atoms with Crippen molar-refractivity contribution in [2.45, 2.75) is 19.3 Å². The predicted octanol–water partition coefficient (Wildman–Crippen LogP) is 12.1. The zero-order valence-corrected chi connectivity index (χ0v) is 25.6. The van der Waals surface area contributed by atoms with Gasteiger partial charge in [0, 0.05) is 5.41 Å². The molecule has 0 amide bonds. The largest absolute Gasteiger partial charge is 0.436 e. The highest BCUT2D eigenvalue weighted by atomic mass is 16.3. The van der Waals surface area contributed by atoms with Gasteiger partial charge in [-0.25, -0.2) is 4.98 Å². The third-order valence-electron chi connectivity index (χ3n) is 10.3. The second kappa shape index (κ2) is 9.15. The molecular weight excluding hydrogens is 558 g/mol. The first kappa shape index (κ1) is 25.6. The van der Waals surface area contributed by atoms with Crippen LogP contribution < -0.4 is 0 Å². The molecule has 0 saturated heterocycles. The van der Waals surface area contributed by atoms with E-state index in [0.717, 1.165) is 27.4 Å². The average molecular weight is 588 g/mol. The van der Waals surface area contributed by atoms with Gasteiger partial charge in [-0.2, -0.15) is 0 Å². The van der Waals surface area contributed by atoms with E-state index in [1.807, 2.05) is 24.3 Å². The Morgan fingerprint density at radius 3 is 1.91 bits per heavy atom. The molecule has 8 aromatic carbocycles. The molecule has 1 aliphatic rings. The van der Waals surface area contributed by atoms with Gasteiger partial charge in [-0.1, -0.05) is 123 Å². The SMILES string of the molecule is CC1(C)c2ccccc2-c2cc3c(-c4nc5ccccc5o4)c4ccccc4c(-c4cc5ccccc5c5ccccc45)c3cc21. The van der Waals surface area contributed by atoms with Crippen molar-refractivity contribution in [1.29, 1.82) is 0 Å². The Morgan fingerprint density at radius 2 is 1.09 bits per heavy atom. The highest BCUT2D eigenvalue weighted by Crippen LogP contribution is 2.54. The molecule has 46 heavy (non-hydrogen) atoms. The van der Waals surface area contributed by atoms with Crippen LogP contribution in [0, 0.1) is 0 Å². The summed E-state index contributed by atoms with van der Waals surface area (Å²) in [7, 11) is 0. The van der Waals surface area contributed by atoms with Crippen LogP contribution in [0.25, 0.3) is 87.9 Å². The first-order chi connectivity index (χ1) is 22.6.